The third-order valence-electron chi connectivity index (χ3n) is 3.60. The van der Waals surface area contributed by atoms with Gasteiger partial charge in [-0.15, -0.1) is 11.3 Å². The monoisotopic (exact) mass is 376 g/mol. The maximum absolute atomic E-state index is 12.2. The molecule has 2 heterocycles. The second-order valence-corrected chi connectivity index (χ2v) is 6.38. The zero-order valence-electron chi connectivity index (χ0n) is 13.8. The van der Waals surface area contributed by atoms with E-state index in [0.717, 1.165) is 11.3 Å². The molecule has 3 rings (SSSR count). The third kappa shape index (κ3) is 3.77. The molecule has 1 aromatic heterocycles. The van der Waals surface area contributed by atoms with Crippen molar-refractivity contribution >= 4 is 34.1 Å². The van der Waals surface area contributed by atoms with E-state index in [1.54, 1.807) is 29.6 Å². The van der Waals surface area contributed by atoms with Crippen molar-refractivity contribution in [3.05, 3.63) is 41.3 Å². The fourth-order valence-corrected chi connectivity index (χ4v) is 3.05. The van der Waals surface area contributed by atoms with Crippen LogP contribution in [0.25, 0.3) is 0 Å². The Balaban J connectivity index is 1.58. The van der Waals surface area contributed by atoms with Crippen LogP contribution < -0.4 is 20.5 Å². The Hall–Kier alpha value is -3.07. The molecule has 8 nitrogen and oxygen atoms in total. The fraction of sp³-hybridized carbons (Fsp3) is 0.235. The molecular weight excluding hydrogens is 360 g/mol. The standard InChI is InChI=1S/C17H16N2O6S/c1-9(15(21)19-16-10(14(18)20)6-7-26-16)24-17(22)13-8-23-11-4-2-3-5-12(11)25-13/h2-7,9,13H,8H2,1H3,(H2,18,20)(H,19,21)/t9-,13+/m0/s1. The van der Waals surface area contributed by atoms with E-state index < -0.39 is 30.0 Å². The number of amides is 2. The van der Waals surface area contributed by atoms with Crippen molar-refractivity contribution in [2.75, 3.05) is 11.9 Å². The summed E-state index contributed by atoms with van der Waals surface area (Å²) in [5.41, 5.74) is 5.43. The van der Waals surface area contributed by atoms with Crippen LogP contribution in [-0.4, -0.2) is 36.6 Å². The minimum absolute atomic E-state index is 0.0130. The van der Waals surface area contributed by atoms with Gasteiger partial charge >= 0.3 is 5.97 Å². The first kappa shape index (κ1) is 17.7. The molecule has 0 unspecified atom stereocenters. The molecule has 0 saturated heterocycles. The van der Waals surface area contributed by atoms with E-state index in [9.17, 15) is 14.4 Å². The molecule has 9 heteroatoms. The average molecular weight is 376 g/mol. The number of fused-ring (bicyclic) bond motifs is 1. The number of thiophene rings is 1. The minimum atomic E-state index is -1.09. The molecule has 3 N–H and O–H groups in total. The zero-order valence-corrected chi connectivity index (χ0v) is 14.6. The van der Waals surface area contributed by atoms with Gasteiger partial charge in [-0.25, -0.2) is 4.79 Å². The van der Waals surface area contributed by atoms with Crippen LogP contribution in [0.5, 0.6) is 11.5 Å². The second-order valence-electron chi connectivity index (χ2n) is 5.46. The van der Waals surface area contributed by atoms with E-state index in [-0.39, 0.29) is 12.2 Å². The number of nitrogens with one attached hydrogen (secondary N) is 1. The van der Waals surface area contributed by atoms with Crippen LogP contribution in [-0.2, 0) is 14.3 Å². The maximum atomic E-state index is 12.2. The third-order valence-corrected chi connectivity index (χ3v) is 4.43. The number of benzene rings is 1. The maximum Gasteiger partial charge on any atom is 0.351 e. The number of carbonyl (C=O) groups excluding carboxylic acids is 3. The molecule has 1 aliphatic rings. The van der Waals surface area contributed by atoms with E-state index in [4.69, 9.17) is 19.9 Å². The number of hydrogen-bond donors (Lipinski definition) is 2. The summed E-state index contributed by atoms with van der Waals surface area (Å²) >= 11 is 1.14. The molecule has 0 bridgehead atoms. The predicted molar refractivity (Wildman–Crippen MR) is 93.4 cm³/mol. The van der Waals surface area contributed by atoms with Gasteiger partial charge in [0, 0.05) is 0 Å². The van der Waals surface area contributed by atoms with Crippen molar-refractivity contribution in [3.8, 4) is 11.5 Å². The number of esters is 1. The van der Waals surface area contributed by atoms with Crippen LogP contribution in [0.2, 0.25) is 0 Å². The van der Waals surface area contributed by atoms with Gasteiger partial charge in [0.25, 0.3) is 11.8 Å². The van der Waals surface area contributed by atoms with Crippen LogP contribution in [0, 0.1) is 0 Å². The molecule has 0 fully saturated rings. The summed E-state index contributed by atoms with van der Waals surface area (Å²) in [7, 11) is 0. The number of nitrogens with two attached hydrogens (primary N) is 1. The van der Waals surface area contributed by atoms with E-state index in [0.29, 0.717) is 16.5 Å². The van der Waals surface area contributed by atoms with Gasteiger partial charge in [-0.1, -0.05) is 12.1 Å². The van der Waals surface area contributed by atoms with Gasteiger partial charge in [-0.05, 0) is 30.5 Å². The number of para-hydroxylation sites is 2. The molecular formula is C17H16N2O6S. The Labute approximate surface area is 152 Å². The van der Waals surface area contributed by atoms with Gasteiger partial charge in [0.1, 0.15) is 11.6 Å². The van der Waals surface area contributed by atoms with Crippen molar-refractivity contribution in [2.24, 2.45) is 5.73 Å². The summed E-state index contributed by atoms with van der Waals surface area (Å²) in [6.07, 6.45) is -2.06. The molecule has 1 aromatic carbocycles. The lowest BCUT2D eigenvalue weighted by molar-refractivity contribution is -0.162. The molecule has 0 saturated carbocycles. The molecule has 136 valence electrons. The van der Waals surface area contributed by atoms with Gasteiger partial charge in [-0.3, -0.25) is 9.59 Å². The molecule has 0 spiro atoms. The first-order valence-corrected chi connectivity index (χ1v) is 8.61. The fourth-order valence-electron chi connectivity index (χ4n) is 2.25. The number of ether oxygens (including phenoxy) is 3. The molecule has 2 amide bonds. The Morgan fingerprint density at radius 1 is 1.27 bits per heavy atom. The highest BCUT2D eigenvalue weighted by Crippen LogP contribution is 2.31. The first-order valence-electron chi connectivity index (χ1n) is 7.73. The van der Waals surface area contributed by atoms with Gasteiger partial charge in [-0.2, -0.15) is 0 Å². The van der Waals surface area contributed by atoms with Gasteiger partial charge in [0.15, 0.2) is 17.6 Å². The normalized spacial score (nSPS) is 16.4. The zero-order chi connectivity index (χ0) is 18.7. The smallest absolute Gasteiger partial charge is 0.351 e. The highest BCUT2D eigenvalue weighted by atomic mass is 32.1. The van der Waals surface area contributed by atoms with Gasteiger partial charge in [0.2, 0.25) is 6.10 Å². The first-order chi connectivity index (χ1) is 12.5. The highest BCUT2D eigenvalue weighted by molar-refractivity contribution is 7.14. The van der Waals surface area contributed by atoms with E-state index in [2.05, 4.69) is 5.32 Å². The van der Waals surface area contributed by atoms with E-state index in [1.165, 1.54) is 13.0 Å². The number of rotatable bonds is 5. The SMILES string of the molecule is C[C@H](OC(=O)[C@H]1COc2ccccc2O1)C(=O)Nc1sccc1C(N)=O. The average Bonchev–Trinajstić information content (AvgIpc) is 3.09. The van der Waals surface area contributed by atoms with Crippen LogP contribution in [0.15, 0.2) is 35.7 Å². The van der Waals surface area contributed by atoms with Crippen molar-refractivity contribution in [1.82, 2.24) is 0 Å². The summed E-state index contributed by atoms with van der Waals surface area (Å²) in [5.74, 6) is -0.983. The number of carbonyl (C=O) groups is 3. The molecule has 0 aliphatic carbocycles. The highest BCUT2D eigenvalue weighted by Gasteiger charge is 2.31. The van der Waals surface area contributed by atoms with E-state index >= 15 is 0 Å². The van der Waals surface area contributed by atoms with Crippen molar-refractivity contribution in [2.45, 2.75) is 19.1 Å². The van der Waals surface area contributed by atoms with Gasteiger partial charge in [0.05, 0.1) is 5.56 Å². The molecule has 1 aliphatic heterocycles. The van der Waals surface area contributed by atoms with Crippen molar-refractivity contribution < 1.29 is 28.6 Å². The molecule has 2 aromatic rings. The quantitative estimate of drug-likeness (QED) is 0.765. The minimum Gasteiger partial charge on any atom is -0.485 e. The Morgan fingerprint density at radius 3 is 2.73 bits per heavy atom. The summed E-state index contributed by atoms with van der Waals surface area (Å²) in [4.78, 5) is 35.7. The predicted octanol–water partition coefficient (Wildman–Crippen LogP) is 1.56. The Morgan fingerprint density at radius 2 is 2.00 bits per heavy atom. The number of hydrogen-bond acceptors (Lipinski definition) is 7. The summed E-state index contributed by atoms with van der Waals surface area (Å²) in [6.45, 7) is 1.41. The van der Waals surface area contributed by atoms with E-state index in [1.807, 2.05) is 0 Å². The largest absolute Gasteiger partial charge is 0.485 e. The topological polar surface area (TPSA) is 117 Å². The van der Waals surface area contributed by atoms with Crippen LogP contribution in [0.3, 0.4) is 0 Å². The lowest BCUT2D eigenvalue weighted by Crippen LogP contribution is -2.41. The van der Waals surface area contributed by atoms with Crippen LogP contribution in [0.4, 0.5) is 5.00 Å². The van der Waals surface area contributed by atoms with Crippen LogP contribution in [0.1, 0.15) is 17.3 Å². The molecule has 2 atom stereocenters. The van der Waals surface area contributed by atoms with Crippen molar-refractivity contribution in [1.29, 1.82) is 0 Å². The lowest BCUT2D eigenvalue weighted by Gasteiger charge is -2.25. The van der Waals surface area contributed by atoms with Crippen LogP contribution >= 0.6 is 11.3 Å². The molecule has 0 radical (unpaired) electrons. The second kappa shape index (κ2) is 7.44. The molecule has 26 heavy (non-hydrogen) atoms. The lowest BCUT2D eigenvalue weighted by atomic mass is 10.2. The summed E-state index contributed by atoms with van der Waals surface area (Å²) in [6, 6.07) is 8.45. The Kier molecular flexibility index (Phi) is 5.08. The number of anilines is 1. The van der Waals surface area contributed by atoms with Crippen molar-refractivity contribution in [3.63, 3.8) is 0 Å². The summed E-state index contributed by atoms with van der Waals surface area (Å²) in [5, 5.41) is 4.45. The number of primary amides is 1. The summed E-state index contributed by atoms with van der Waals surface area (Å²) < 4.78 is 16.1. The van der Waals surface area contributed by atoms with Gasteiger partial charge < -0.3 is 25.3 Å². The Bertz CT molecular complexity index is 849.